The van der Waals surface area contributed by atoms with Crippen LogP contribution >= 0.6 is 0 Å². The number of likely N-dealkylation sites (tertiary alicyclic amines) is 1. The molecule has 0 N–H and O–H groups in total. The van der Waals surface area contributed by atoms with Gasteiger partial charge in [0.1, 0.15) is 0 Å². The number of hydrogen-bond donors (Lipinski definition) is 0. The molecule has 6 heteroatoms. The molecule has 0 radical (unpaired) electrons. The molecule has 1 aromatic rings. The highest BCUT2D eigenvalue weighted by atomic mass is 16.2. The number of rotatable bonds is 6. The molecule has 1 aliphatic carbocycles. The van der Waals surface area contributed by atoms with Crippen molar-refractivity contribution in [2.75, 3.05) is 24.5 Å². The van der Waals surface area contributed by atoms with E-state index in [0.717, 1.165) is 64.0 Å². The van der Waals surface area contributed by atoms with E-state index in [1.54, 1.807) is 12.4 Å². The van der Waals surface area contributed by atoms with Gasteiger partial charge in [0.2, 0.25) is 17.8 Å². The third kappa shape index (κ3) is 4.19. The van der Waals surface area contributed by atoms with E-state index >= 15 is 0 Å². The van der Waals surface area contributed by atoms with E-state index in [1.165, 1.54) is 4.90 Å². The summed E-state index contributed by atoms with van der Waals surface area (Å²) in [6, 6.07) is 1.84. The fourth-order valence-corrected chi connectivity index (χ4v) is 4.68. The summed E-state index contributed by atoms with van der Waals surface area (Å²) < 4.78 is 0. The highest BCUT2D eigenvalue weighted by Gasteiger charge is 2.43. The predicted molar refractivity (Wildman–Crippen MR) is 106 cm³/mol. The fourth-order valence-electron chi connectivity index (χ4n) is 4.68. The van der Waals surface area contributed by atoms with Crippen molar-refractivity contribution in [3.63, 3.8) is 0 Å². The average molecular weight is 380 g/mol. The third-order valence-electron chi connectivity index (χ3n) is 6.36. The summed E-state index contributed by atoms with van der Waals surface area (Å²) in [4.78, 5) is 37.3. The van der Waals surface area contributed by atoms with E-state index < -0.39 is 0 Å². The first-order valence-corrected chi connectivity index (χ1v) is 10.5. The van der Waals surface area contributed by atoms with Gasteiger partial charge in [0.25, 0.3) is 0 Å². The molecule has 0 atom stereocenters. The lowest BCUT2D eigenvalue weighted by Crippen LogP contribution is -2.47. The van der Waals surface area contributed by atoms with Crippen molar-refractivity contribution in [1.82, 2.24) is 14.9 Å². The van der Waals surface area contributed by atoms with Crippen LogP contribution in [-0.4, -0.2) is 46.3 Å². The third-order valence-corrected chi connectivity index (χ3v) is 6.36. The van der Waals surface area contributed by atoms with Gasteiger partial charge in [-0.3, -0.25) is 14.5 Å². The Hall–Kier alpha value is -2.42. The van der Waals surface area contributed by atoms with Gasteiger partial charge in [-0.2, -0.15) is 0 Å². The molecule has 0 bridgehead atoms. The number of nitrogens with zero attached hydrogens (tertiary/aromatic N) is 4. The highest BCUT2D eigenvalue weighted by Crippen LogP contribution is 2.39. The molecule has 3 heterocycles. The van der Waals surface area contributed by atoms with E-state index in [0.29, 0.717) is 25.3 Å². The van der Waals surface area contributed by atoms with Crippen LogP contribution in [0.1, 0.15) is 57.8 Å². The van der Waals surface area contributed by atoms with E-state index in [2.05, 4.69) is 26.7 Å². The van der Waals surface area contributed by atoms with Crippen LogP contribution in [0.3, 0.4) is 0 Å². The lowest BCUT2D eigenvalue weighted by molar-refractivity contribution is -0.151. The minimum Gasteiger partial charge on any atom is -0.341 e. The standard InChI is InChI=1S/C22H28N4O2/c27-19-16-22(9-2-3-10-22)17-20(28)26(19)13-4-1-6-18-7-14-25(15-8-18)21-23-11-5-12-24-21/h5,11-12,18H,1-2,4,6-9,13-17H2. The summed E-state index contributed by atoms with van der Waals surface area (Å²) in [5.41, 5.74) is -0.346. The molecule has 0 unspecified atom stereocenters. The molecule has 3 aliphatic rings. The van der Waals surface area contributed by atoms with Gasteiger partial charge in [-0.15, -0.1) is 5.92 Å². The molecule has 1 spiro atoms. The number of imide groups is 1. The van der Waals surface area contributed by atoms with Crippen LogP contribution in [0.4, 0.5) is 5.95 Å². The van der Waals surface area contributed by atoms with Crippen molar-refractivity contribution < 1.29 is 9.59 Å². The second-order valence-corrected chi connectivity index (χ2v) is 8.35. The second-order valence-electron chi connectivity index (χ2n) is 8.35. The van der Waals surface area contributed by atoms with Crippen LogP contribution in [0.25, 0.3) is 0 Å². The Kier molecular flexibility index (Phi) is 5.61. The Morgan fingerprint density at radius 3 is 2.43 bits per heavy atom. The van der Waals surface area contributed by atoms with E-state index in [-0.39, 0.29) is 17.2 Å². The van der Waals surface area contributed by atoms with Crippen LogP contribution in [0.15, 0.2) is 18.5 Å². The molecule has 2 aliphatic heterocycles. The van der Waals surface area contributed by atoms with Crippen molar-refractivity contribution in [3.8, 4) is 11.8 Å². The Labute approximate surface area is 166 Å². The molecule has 2 amide bonds. The maximum Gasteiger partial charge on any atom is 0.230 e. The molecule has 2 saturated heterocycles. The van der Waals surface area contributed by atoms with E-state index in [1.807, 2.05) is 6.07 Å². The monoisotopic (exact) mass is 380 g/mol. The van der Waals surface area contributed by atoms with Gasteiger partial charge in [-0.05, 0) is 37.7 Å². The lowest BCUT2D eigenvalue weighted by atomic mass is 9.77. The van der Waals surface area contributed by atoms with Crippen molar-refractivity contribution in [3.05, 3.63) is 18.5 Å². The van der Waals surface area contributed by atoms with Gasteiger partial charge in [0, 0.05) is 56.7 Å². The number of piperidine rings is 2. The summed E-state index contributed by atoms with van der Waals surface area (Å²) in [7, 11) is 0. The molecular formula is C22H28N4O2. The number of unbranched alkanes of at least 4 members (excludes halogenated alkanes) is 1. The lowest BCUT2D eigenvalue weighted by Gasteiger charge is -2.35. The fraction of sp³-hybridized carbons (Fsp3) is 0.636. The largest absolute Gasteiger partial charge is 0.341 e. The van der Waals surface area contributed by atoms with Crippen molar-refractivity contribution in [1.29, 1.82) is 0 Å². The van der Waals surface area contributed by atoms with Crippen LogP contribution in [0.5, 0.6) is 0 Å². The first-order chi connectivity index (χ1) is 13.7. The number of anilines is 1. The Morgan fingerprint density at radius 1 is 1.07 bits per heavy atom. The summed E-state index contributed by atoms with van der Waals surface area (Å²) in [5.74, 6) is 7.69. The van der Waals surface area contributed by atoms with Crippen LogP contribution < -0.4 is 4.90 Å². The minimum atomic E-state index is -0.346. The average Bonchev–Trinajstić information content (AvgIpc) is 3.15. The van der Waals surface area contributed by atoms with Crippen molar-refractivity contribution >= 4 is 17.8 Å². The Balaban J connectivity index is 1.16. The summed E-state index contributed by atoms with van der Waals surface area (Å²) in [6.07, 6.45) is 11.5. The maximum absolute atomic E-state index is 12.5. The van der Waals surface area contributed by atoms with Gasteiger partial charge >= 0.3 is 0 Å². The summed E-state index contributed by atoms with van der Waals surface area (Å²) >= 11 is 0. The van der Waals surface area contributed by atoms with E-state index in [4.69, 9.17) is 0 Å². The summed E-state index contributed by atoms with van der Waals surface area (Å²) in [5, 5.41) is 0. The smallest absolute Gasteiger partial charge is 0.230 e. The Morgan fingerprint density at radius 2 is 1.79 bits per heavy atom. The first kappa shape index (κ1) is 18.9. The molecule has 4 rings (SSSR count). The zero-order valence-electron chi connectivity index (χ0n) is 16.4. The number of hydrogen-bond acceptors (Lipinski definition) is 5. The normalized spacial score (nSPS) is 21.9. The van der Waals surface area contributed by atoms with Gasteiger partial charge < -0.3 is 4.90 Å². The number of carbonyl (C=O) groups is 2. The summed E-state index contributed by atoms with van der Waals surface area (Å²) in [6.45, 7) is 2.57. The number of aromatic nitrogens is 2. The zero-order valence-corrected chi connectivity index (χ0v) is 16.4. The molecule has 28 heavy (non-hydrogen) atoms. The molecule has 6 nitrogen and oxygen atoms in total. The van der Waals surface area contributed by atoms with Crippen LogP contribution in [0, 0.1) is 23.2 Å². The predicted octanol–water partition coefficient (Wildman–Crippen LogP) is 2.80. The second kappa shape index (κ2) is 8.30. The van der Waals surface area contributed by atoms with Gasteiger partial charge in [0.15, 0.2) is 0 Å². The molecule has 148 valence electrons. The van der Waals surface area contributed by atoms with Gasteiger partial charge in [-0.25, -0.2) is 9.97 Å². The highest BCUT2D eigenvalue weighted by molar-refractivity contribution is 5.99. The zero-order chi connectivity index (χ0) is 19.4. The van der Waals surface area contributed by atoms with Crippen LogP contribution in [-0.2, 0) is 9.59 Å². The quantitative estimate of drug-likeness (QED) is 0.431. The topological polar surface area (TPSA) is 66.4 Å². The molecule has 0 aromatic carbocycles. The molecule has 2 fully saturated rings. The van der Waals surface area contributed by atoms with E-state index in [9.17, 15) is 9.59 Å². The van der Waals surface area contributed by atoms with Gasteiger partial charge in [0.05, 0.1) is 0 Å². The van der Waals surface area contributed by atoms with Crippen molar-refractivity contribution in [2.24, 2.45) is 11.3 Å². The SMILES string of the molecule is O=C1CC2(C#CCC2)CC(=O)N1CCCCC1CCN(c2ncccn2)CC1. The molecule has 1 aromatic heterocycles. The molecular weight excluding hydrogens is 352 g/mol. The van der Waals surface area contributed by atoms with Gasteiger partial charge in [-0.1, -0.05) is 18.8 Å². The molecule has 0 saturated carbocycles. The van der Waals surface area contributed by atoms with Crippen LogP contribution in [0.2, 0.25) is 0 Å². The number of amides is 2. The van der Waals surface area contributed by atoms with Crippen molar-refractivity contribution in [2.45, 2.75) is 57.8 Å². The Bertz CT molecular complexity index is 757. The first-order valence-electron chi connectivity index (χ1n) is 10.5. The maximum atomic E-state index is 12.5. The minimum absolute atomic E-state index is 0.0244. The number of carbonyl (C=O) groups excluding carboxylic acids is 2.